The van der Waals surface area contributed by atoms with Gasteiger partial charge in [-0.05, 0) is 19.4 Å². The van der Waals surface area contributed by atoms with E-state index in [1.54, 1.807) is 6.92 Å². The fraction of sp³-hybridized carbons (Fsp3) is 0.231. The first-order chi connectivity index (χ1) is 8.50. The SMILES string of the molecule is CC(=N)N=C(C)C(=N)C(=O)NCc1ccccc1. The Kier molecular flexibility index (Phi) is 4.92. The van der Waals surface area contributed by atoms with Crippen molar-refractivity contribution >= 4 is 23.2 Å². The van der Waals surface area contributed by atoms with Crippen molar-refractivity contribution in [2.45, 2.75) is 20.4 Å². The fourth-order valence-electron chi connectivity index (χ4n) is 1.34. The van der Waals surface area contributed by atoms with Gasteiger partial charge in [0.1, 0.15) is 11.5 Å². The average Bonchev–Trinajstić information content (AvgIpc) is 2.35. The molecule has 0 saturated carbocycles. The van der Waals surface area contributed by atoms with Crippen LogP contribution in [0.2, 0.25) is 0 Å². The van der Waals surface area contributed by atoms with Gasteiger partial charge in [-0.2, -0.15) is 0 Å². The van der Waals surface area contributed by atoms with Crippen molar-refractivity contribution in [1.29, 1.82) is 10.8 Å². The molecule has 0 radical (unpaired) electrons. The van der Waals surface area contributed by atoms with Gasteiger partial charge in [-0.1, -0.05) is 30.3 Å². The molecule has 0 aliphatic rings. The van der Waals surface area contributed by atoms with Crippen LogP contribution < -0.4 is 5.32 Å². The molecule has 5 heteroatoms. The third-order valence-corrected chi connectivity index (χ3v) is 2.22. The molecule has 18 heavy (non-hydrogen) atoms. The second-order valence-electron chi connectivity index (χ2n) is 3.83. The quantitative estimate of drug-likeness (QED) is 0.547. The molecular formula is C13H16N4O. The van der Waals surface area contributed by atoms with Crippen LogP contribution in [0.1, 0.15) is 19.4 Å². The van der Waals surface area contributed by atoms with E-state index >= 15 is 0 Å². The van der Waals surface area contributed by atoms with Gasteiger partial charge in [-0.25, -0.2) is 4.99 Å². The van der Waals surface area contributed by atoms with E-state index in [0.717, 1.165) is 5.56 Å². The van der Waals surface area contributed by atoms with Crippen molar-refractivity contribution < 1.29 is 4.79 Å². The molecule has 94 valence electrons. The van der Waals surface area contributed by atoms with Gasteiger partial charge in [0.15, 0.2) is 0 Å². The number of rotatable bonds is 4. The van der Waals surface area contributed by atoms with Crippen LogP contribution in [0.3, 0.4) is 0 Å². The Morgan fingerprint density at radius 1 is 1.22 bits per heavy atom. The van der Waals surface area contributed by atoms with Gasteiger partial charge in [-0.3, -0.25) is 15.6 Å². The van der Waals surface area contributed by atoms with Crippen molar-refractivity contribution in [3.8, 4) is 0 Å². The summed E-state index contributed by atoms with van der Waals surface area (Å²) in [5, 5.41) is 17.4. The third-order valence-electron chi connectivity index (χ3n) is 2.22. The first-order valence-corrected chi connectivity index (χ1v) is 5.52. The highest BCUT2D eigenvalue weighted by molar-refractivity contribution is 6.66. The number of benzene rings is 1. The Labute approximate surface area is 106 Å². The maximum atomic E-state index is 11.7. The van der Waals surface area contributed by atoms with Crippen LogP contribution in [0.4, 0.5) is 0 Å². The molecule has 5 nitrogen and oxygen atoms in total. The molecule has 0 heterocycles. The van der Waals surface area contributed by atoms with Gasteiger partial charge >= 0.3 is 0 Å². The van der Waals surface area contributed by atoms with Gasteiger partial charge in [0, 0.05) is 6.54 Å². The largest absolute Gasteiger partial charge is 0.347 e. The second kappa shape index (κ2) is 6.44. The molecule has 0 saturated heterocycles. The highest BCUT2D eigenvalue weighted by atomic mass is 16.1. The van der Waals surface area contributed by atoms with E-state index in [1.165, 1.54) is 6.92 Å². The average molecular weight is 244 g/mol. The summed E-state index contributed by atoms with van der Waals surface area (Å²) in [7, 11) is 0. The van der Waals surface area contributed by atoms with Crippen molar-refractivity contribution in [2.75, 3.05) is 0 Å². The van der Waals surface area contributed by atoms with Gasteiger partial charge in [0.25, 0.3) is 5.91 Å². The maximum absolute atomic E-state index is 11.7. The van der Waals surface area contributed by atoms with E-state index in [4.69, 9.17) is 10.8 Å². The minimum Gasteiger partial charge on any atom is -0.347 e. The zero-order valence-corrected chi connectivity index (χ0v) is 10.4. The number of hydrogen-bond donors (Lipinski definition) is 3. The molecule has 0 bridgehead atoms. The predicted octanol–water partition coefficient (Wildman–Crippen LogP) is 1.78. The summed E-state index contributed by atoms with van der Waals surface area (Å²) >= 11 is 0. The van der Waals surface area contributed by atoms with Crippen molar-refractivity contribution in [3.05, 3.63) is 35.9 Å². The highest BCUT2D eigenvalue weighted by Crippen LogP contribution is 1.97. The highest BCUT2D eigenvalue weighted by Gasteiger charge is 2.12. The minimum absolute atomic E-state index is 0.0770. The van der Waals surface area contributed by atoms with E-state index in [-0.39, 0.29) is 17.3 Å². The summed E-state index contributed by atoms with van der Waals surface area (Å²) in [6, 6.07) is 9.46. The number of carbonyl (C=O) groups excluding carboxylic acids is 1. The summed E-state index contributed by atoms with van der Waals surface area (Å²) < 4.78 is 0. The zero-order valence-electron chi connectivity index (χ0n) is 10.4. The monoisotopic (exact) mass is 244 g/mol. The second-order valence-corrected chi connectivity index (χ2v) is 3.83. The van der Waals surface area contributed by atoms with Crippen LogP contribution in [0.15, 0.2) is 35.3 Å². The number of nitrogens with zero attached hydrogens (tertiary/aromatic N) is 1. The Morgan fingerprint density at radius 3 is 2.39 bits per heavy atom. The lowest BCUT2D eigenvalue weighted by molar-refractivity contribution is -0.114. The summed E-state index contributed by atoms with van der Waals surface area (Å²) in [5.41, 5.74) is 1.00. The fourth-order valence-corrected chi connectivity index (χ4v) is 1.34. The number of nitrogens with one attached hydrogen (secondary N) is 3. The van der Waals surface area contributed by atoms with E-state index in [0.29, 0.717) is 6.54 Å². The lowest BCUT2D eigenvalue weighted by Gasteiger charge is -2.06. The van der Waals surface area contributed by atoms with Crippen molar-refractivity contribution in [3.63, 3.8) is 0 Å². The number of amides is 1. The zero-order chi connectivity index (χ0) is 13.5. The summed E-state index contributed by atoms with van der Waals surface area (Å²) in [5.74, 6) is -0.408. The first-order valence-electron chi connectivity index (χ1n) is 5.52. The molecule has 3 N–H and O–H groups in total. The van der Waals surface area contributed by atoms with Gasteiger partial charge < -0.3 is 5.32 Å². The minimum atomic E-state index is -0.485. The molecule has 1 amide bonds. The van der Waals surface area contributed by atoms with Crippen molar-refractivity contribution in [2.24, 2.45) is 4.99 Å². The molecule has 1 aromatic rings. The number of aliphatic imine (C=N–C) groups is 1. The summed E-state index contributed by atoms with van der Waals surface area (Å²) in [6.07, 6.45) is 0. The van der Waals surface area contributed by atoms with E-state index < -0.39 is 5.91 Å². The number of carbonyl (C=O) groups is 1. The molecular weight excluding hydrogens is 228 g/mol. The molecule has 0 aliphatic heterocycles. The van der Waals surface area contributed by atoms with Gasteiger partial charge in [-0.15, -0.1) is 0 Å². The van der Waals surface area contributed by atoms with E-state index in [9.17, 15) is 4.79 Å². The van der Waals surface area contributed by atoms with Crippen LogP contribution in [-0.4, -0.2) is 23.2 Å². The lowest BCUT2D eigenvalue weighted by Crippen LogP contribution is -2.34. The lowest BCUT2D eigenvalue weighted by atomic mass is 10.2. The third kappa shape index (κ3) is 4.29. The van der Waals surface area contributed by atoms with Gasteiger partial charge in [0.05, 0.1) is 5.71 Å². The molecule has 0 atom stereocenters. The molecule has 0 fully saturated rings. The number of amidine groups is 1. The molecule has 1 rings (SSSR count). The van der Waals surface area contributed by atoms with Gasteiger partial charge in [0.2, 0.25) is 0 Å². The summed E-state index contributed by atoms with van der Waals surface area (Å²) in [6.45, 7) is 3.42. The van der Waals surface area contributed by atoms with Crippen LogP contribution in [0.5, 0.6) is 0 Å². The molecule has 0 spiro atoms. The predicted molar refractivity (Wildman–Crippen MR) is 72.5 cm³/mol. The normalized spacial score (nSPS) is 10.9. The maximum Gasteiger partial charge on any atom is 0.271 e. The van der Waals surface area contributed by atoms with Crippen LogP contribution in [0.25, 0.3) is 0 Å². The Morgan fingerprint density at radius 2 is 1.83 bits per heavy atom. The van der Waals surface area contributed by atoms with Crippen LogP contribution in [0, 0.1) is 10.8 Å². The molecule has 0 aliphatic carbocycles. The topological polar surface area (TPSA) is 89.2 Å². The summed E-state index contributed by atoms with van der Waals surface area (Å²) in [4.78, 5) is 15.4. The Bertz CT molecular complexity index is 491. The van der Waals surface area contributed by atoms with E-state index in [2.05, 4.69) is 10.3 Å². The Hall–Kier alpha value is -2.30. The van der Waals surface area contributed by atoms with Crippen LogP contribution >= 0.6 is 0 Å². The molecule has 1 aromatic carbocycles. The molecule has 0 unspecified atom stereocenters. The van der Waals surface area contributed by atoms with Crippen LogP contribution in [-0.2, 0) is 11.3 Å². The number of hydrogen-bond acceptors (Lipinski definition) is 3. The standard InChI is InChI=1S/C13H16N4O/c1-9(17-10(2)14)12(15)13(18)16-8-11-6-4-3-5-7-11/h3-7,14-15H,8H2,1-2H3,(H,16,18). The molecule has 0 aromatic heterocycles. The van der Waals surface area contributed by atoms with Crippen molar-refractivity contribution in [1.82, 2.24) is 5.32 Å². The first kappa shape index (κ1) is 13.8. The van der Waals surface area contributed by atoms with E-state index in [1.807, 2.05) is 30.3 Å². The Balaban J connectivity index is 2.56. The smallest absolute Gasteiger partial charge is 0.271 e.